The predicted octanol–water partition coefficient (Wildman–Crippen LogP) is 2.83. The first kappa shape index (κ1) is 16.9. The molecule has 2 heterocycles. The predicted molar refractivity (Wildman–Crippen MR) is 89.9 cm³/mol. The van der Waals surface area contributed by atoms with E-state index in [0.29, 0.717) is 0 Å². The summed E-state index contributed by atoms with van der Waals surface area (Å²) < 4.78 is 24.6. The van der Waals surface area contributed by atoms with Crippen LogP contribution in [0.2, 0.25) is 0 Å². The summed E-state index contributed by atoms with van der Waals surface area (Å²) >= 11 is 0. The highest BCUT2D eigenvalue weighted by Crippen LogP contribution is 2.22. The molecule has 22 heavy (non-hydrogen) atoms. The molecule has 0 bridgehead atoms. The molecule has 0 aliphatic carbocycles. The van der Waals surface area contributed by atoms with Crippen LogP contribution >= 0.6 is 0 Å². The van der Waals surface area contributed by atoms with Gasteiger partial charge in [0.2, 0.25) is 0 Å². The van der Waals surface area contributed by atoms with Gasteiger partial charge < -0.3 is 4.57 Å². The van der Waals surface area contributed by atoms with Crippen LogP contribution in [0.25, 0.3) is 11.0 Å². The van der Waals surface area contributed by atoms with E-state index < -0.39 is 9.84 Å². The van der Waals surface area contributed by atoms with Gasteiger partial charge in [-0.1, -0.05) is 13.3 Å². The highest BCUT2D eigenvalue weighted by molar-refractivity contribution is 7.90. The number of nitrogens with zero attached hydrogens (tertiary/aromatic N) is 3. The second-order valence-corrected chi connectivity index (χ2v) is 8.19. The summed E-state index contributed by atoms with van der Waals surface area (Å²) in [6, 6.07) is 0. The molecule has 0 spiro atoms. The minimum atomic E-state index is -2.85. The average molecular weight is 323 g/mol. The van der Waals surface area contributed by atoms with E-state index in [1.54, 1.807) is 0 Å². The van der Waals surface area contributed by atoms with E-state index in [1.165, 1.54) is 17.3 Å². The molecule has 6 heteroatoms. The van der Waals surface area contributed by atoms with Crippen molar-refractivity contribution in [1.29, 1.82) is 0 Å². The van der Waals surface area contributed by atoms with Crippen molar-refractivity contribution >= 4 is 20.9 Å². The van der Waals surface area contributed by atoms with Crippen molar-refractivity contribution in [3.05, 3.63) is 23.3 Å². The Kier molecular flexibility index (Phi) is 5.21. The lowest BCUT2D eigenvalue weighted by Gasteiger charge is -2.10. The number of imidazole rings is 1. The molecule has 0 unspecified atom stereocenters. The van der Waals surface area contributed by atoms with E-state index in [9.17, 15) is 8.42 Å². The van der Waals surface area contributed by atoms with Crippen LogP contribution < -0.4 is 0 Å². The fraction of sp³-hybridized carbons (Fsp3) is 0.625. The normalized spacial score (nSPS) is 12.2. The number of sulfone groups is 1. The molecular weight excluding hydrogens is 298 g/mol. The Bertz CT molecular complexity index is 763. The average Bonchev–Trinajstić information content (AvgIpc) is 2.80. The molecule has 2 aromatic heterocycles. The molecule has 0 saturated heterocycles. The van der Waals surface area contributed by atoms with Gasteiger partial charge in [0.15, 0.2) is 0 Å². The van der Waals surface area contributed by atoms with Crippen LogP contribution in [0.3, 0.4) is 0 Å². The van der Waals surface area contributed by atoms with Crippen molar-refractivity contribution in [3.8, 4) is 0 Å². The lowest BCUT2D eigenvalue weighted by atomic mass is 10.2. The number of pyridine rings is 1. The molecule has 0 aliphatic heterocycles. The quantitative estimate of drug-likeness (QED) is 0.735. The first-order valence-electron chi connectivity index (χ1n) is 7.82. The third-order valence-electron chi connectivity index (χ3n) is 4.07. The number of hydrogen-bond donors (Lipinski definition) is 0. The third-order valence-corrected chi connectivity index (χ3v) is 5.10. The smallest absolute Gasteiger partial charge is 0.147 e. The number of unbranched alkanes of at least 4 members (excludes halogenated alkanes) is 2. The van der Waals surface area contributed by atoms with E-state index in [4.69, 9.17) is 0 Å². The summed E-state index contributed by atoms with van der Waals surface area (Å²) in [4.78, 5) is 9.07. The molecular formula is C16H25N3O2S. The summed E-state index contributed by atoms with van der Waals surface area (Å²) in [6.45, 7) is 7.10. The molecule has 2 rings (SSSR count). The number of aromatic nitrogens is 3. The van der Waals surface area contributed by atoms with Gasteiger partial charge in [-0.25, -0.2) is 13.4 Å². The molecule has 0 saturated carbocycles. The molecule has 5 nitrogen and oxygen atoms in total. The van der Waals surface area contributed by atoms with E-state index in [1.807, 2.05) is 13.1 Å². The van der Waals surface area contributed by atoms with Crippen LogP contribution in [0.1, 0.15) is 43.3 Å². The Hall–Kier alpha value is -1.43. The molecule has 0 fully saturated rings. The minimum Gasteiger partial charge on any atom is -0.328 e. The Morgan fingerprint density at radius 2 is 1.91 bits per heavy atom. The van der Waals surface area contributed by atoms with Crippen LogP contribution in [-0.4, -0.2) is 35.0 Å². The fourth-order valence-corrected chi connectivity index (χ4v) is 3.48. The van der Waals surface area contributed by atoms with E-state index in [-0.39, 0.29) is 5.75 Å². The van der Waals surface area contributed by atoms with Gasteiger partial charge in [0.25, 0.3) is 0 Å². The molecule has 0 radical (unpaired) electrons. The van der Waals surface area contributed by atoms with Gasteiger partial charge in [-0.05, 0) is 32.3 Å². The standard InChI is InChI=1S/C16H25N3O2S/c1-5-15-18-14-11-17-13(3)12(2)16(14)19(15)9-7-6-8-10-22(4,20)21/h11H,5-10H2,1-4H3. The van der Waals surface area contributed by atoms with Crippen molar-refractivity contribution < 1.29 is 8.42 Å². The second-order valence-electron chi connectivity index (χ2n) is 5.93. The van der Waals surface area contributed by atoms with Gasteiger partial charge in [0.05, 0.1) is 11.7 Å². The Morgan fingerprint density at radius 1 is 1.18 bits per heavy atom. The summed E-state index contributed by atoms with van der Waals surface area (Å²) in [5, 5.41) is 0. The van der Waals surface area contributed by atoms with E-state index >= 15 is 0 Å². The summed E-state index contributed by atoms with van der Waals surface area (Å²) in [5.74, 6) is 1.36. The van der Waals surface area contributed by atoms with Crippen molar-refractivity contribution in [2.45, 2.75) is 53.0 Å². The molecule has 0 amide bonds. The SMILES string of the molecule is CCc1nc2cnc(C)c(C)c2n1CCCCCS(C)(=O)=O. The highest BCUT2D eigenvalue weighted by atomic mass is 32.2. The summed E-state index contributed by atoms with van der Waals surface area (Å²) in [7, 11) is -2.85. The fourth-order valence-electron chi connectivity index (χ4n) is 2.75. The zero-order valence-electron chi connectivity index (χ0n) is 13.9. The maximum atomic E-state index is 11.2. The minimum absolute atomic E-state index is 0.278. The van der Waals surface area contributed by atoms with Crippen molar-refractivity contribution in [2.75, 3.05) is 12.0 Å². The van der Waals surface area contributed by atoms with E-state index in [0.717, 1.165) is 49.3 Å². The van der Waals surface area contributed by atoms with Crippen LogP contribution in [0.4, 0.5) is 0 Å². The largest absolute Gasteiger partial charge is 0.328 e. The summed E-state index contributed by atoms with van der Waals surface area (Å²) in [6.07, 6.45) is 6.64. The van der Waals surface area contributed by atoms with Gasteiger partial charge in [-0.2, -0.15) is 0 Å². The van der Waals surface area contributed by atoms with Gasteiger partial charge in [0.1, 0.15) is 21.2 Å². The van der Waals surface area contributed by atoms with Crippen LogP contribution in [0.15, 0.2) is 6.20 Å². The third kappa shape index (κ3) is 3.85. The van der Waals surface area contributed by atoms with Gasteiger partial charge in [-0.15, -0.1) is 0 Å². The number of rotatable bonds is 7. The van der Waals surface area contributed by atoms with Crippen molar-refractivity contribution in [2.24, 2.45) is 0 Å². The number of fused-ring (bicyclic) bond motifs is 1. The van der Waals surface area contributed by atoms with Crippen molar-refractivity contribution in [3.63, 3.8) is 0 Å². The van der Waals surface area contributed by atoms with Gasteiger partial charge in [0, 0.05) is 30.7 Å². The lowest BCUT2D eigenvalue weighted by molar-refractivity contribution is 0.577. The maximum absolute atomic E-state index is 11.2. The Labute approximate surface area is 132 Å². The zero-order valence-corrected chi connectivity index (χ0v) is 14.7. The highest BCUT2D eigenvalue weighted by Gasteiger charge is 2.13. The van der Waals surface area contributed by atoms with Gasteiger partial charge in [-0.3, -0.25) is 4.98 Å². The Morgan fingerprint density at radius 3 is 2.55 bits per heavy atom. The zero-order chi connectivity index (χ0) is 16.3. The molecule has 0 aliphatic rings. The van der Waals surface area contributed by atoms with Crippen molar-refractivity contribution in [1.82, 2.24) is 14.5 Å². The molecule has 2 aromatic rings. The second kappa shape index (κ2) is 6.77. The monoisotopic (exact) mass is 323 g/mol. The molecule has 0 N–H and O–H groups in total. The molecule has 0 atom stereocenters. The summed E-state index contributed by atoms with van der Waals surface area (Å²) in [5.41, 5.74) is 4.35. The first-order chi connectivity index (χ1) is 10.3. The van der Waals surface area contributed by atoms with E-state index in [2.05, 4.69) is 28.4 Å². The molecule has 122 valence electrons. The Balaban J connectivity index is 2.14. The maximum Gasteiger partial charge on any atom is 0.147 e. The topological polar surface area (TPSA) is 64.8 Å². The number of hydrogen-bond acceptors (Lipinski definition) is 4. The lowest BCUT2D eigenvalue weighted by Crippen LogP contribution is -2.06. The van der Waals surface area contributed by atoms with Crippen LogP contribution in [-0.2, 0) is 22.8 Å². The van der Waals surface area contributed by atoms with Gasteiger partial charge >= 0.3 is 0 Å². The first-order valence-corrected chi connectivity index (χ1v) is 9.88. The molecule has 0 aromatic carbocycles. The van der Waals surface area contributed by atoms with Crippen LogP contribution in [0, 0.1) is 13.8 Å². The number of aryl methyl sites for hydroxylation is 4. The van der Waals surface area contributed by atoms with Crippen LogP contribution in [0.5, 0.6) is 0 Å².